The quantitative estimate of drug-likeness (QED) is 0.776. The largest absolute Gasteiger partial charge is 0.508 e. The van der Waals surface area contributed by atoms with Crippen LogP contribution in [0.3, 0.4) is 0 Å². The van der Waals surface area contributed by atoms with Crippen LogP contribution in [0, 0.1) is 0 Å². The predicted octanol–water partition coefficient (Wildman–Crippen LogP) is 0.826. The average molecular weight is 220 g/mol. The molecule has 1 atom stereocenters. The van der Waals surface area contributed by atoms with E-state index < -0.39 is 0 Å². The topological polar surface area (TPSA) is 52.6 Å². The van der Waals surface area contributed by atoms with Crippen LogP contribution in [0.4, 0.5) is 0 Å². The number of nitrogens with one attached hydrogen (secondary N) is 1. The second kappa shape index (κ2) is 4.53. The second-order valence-corrected chi connectivity index (χ2v) is 4.08. The van der Waals surface area contributed by atoms with Crippen molar-refractivity contribution in [3.05, 3.63) is 29.8 Å². The Morgan fingerprint density at radius 1 is 1.56 bits per heavy atom. The van der Waals surface area contributed by atoms with Crippen LogP contribution in [-0.4, -0.2) is 42.1 Å². The minimum Gasteiger partial charge on any atom is -0.508 e. The molecule has 1 unspecified atom stereocenters. The summed E-state index contributed by atoms with van der Waals surface area (Å²) in [6.45, 7) is 1.52. The number of carbonyl (C=O) groups excluding carboxylic acids is 1. The lowest BCUT2D eigenvalue weighted by Gasteiger charge is -2.16. The molecule has 86 valence electrons. The number of phenolic OH excluding ortho intramolecular Hbond substituents is 1. The summed E-state index contributed by atoms with van der Waals surface area (Å²) in [6, 6.07) is 6.89. The Kier molecular flexibility index (Phi) is 3.10. The van der Waals surface area contributed by atoms with E-state index in [1.54, 1.807) is 18.2 Å². The molecule has 2 rings (SSSR count). The minimum absolute atomic E-state index is 0.00588. The van der Waals surface area contributed by atoms with Crippen molar-refractivity contribution in [2.24, 2.45) is 0 Å². The summed E-state index contributed by atoms with van der Waals surface area (Å²) in [5.41, 5.74) is 0.553. The standard InChI is InChI=1S/C12H16N2O2/c1-13-10-5-6-14(8-10)12(16)9-3-2-4-11(15)7-9/h2-4,7,10,13,15H,5-6,8H2,1H3. The number of amides is 1. The van der Waals surface area contributed by atoms with Crippen LogP contribution in [0.1, 0.15) is 16.8 Å². The molecule has 1 saturated heterocycles. The number of rotatable bonds is 2. The molecule has 0 aliphatic carbocycles. The third-order valence-corrected chi connectivity index (χ3v) is 2.98. The molecule has 4 nitrogen and oxygen atoms in total. The van der Waals surface area contributed by atoms with Gasteiger partial charge in [-0.3, -0.25) is 4.79 Å². The van der Waals surface area contributed by atoms with Gasteiger partial charge < -0.3 is 15.3 Å². The highest BCUT2D eigenvalue weighted by Crippen LogP contribution is 2.16. The van der Waals surface area contributed by atoms with Gasteiger partial charge in [0.1, 0.15) is 5.75 Å². The molecule has 1 aliphatic heterocycles. The van der Waals surface area contributed by atoms with E-state index in [1.165, 1.54) is 6.07 Å². The molecule has 1 amide bonds. The second-order valence-electron chi connectivity index (χ2n) is 4.08. The Morgan fingerprint density at radius 3 is 3.00 bits per heavy atom. The van der Waals surface area contributed by atoms with Crippen molar-refractivity contribution in [1.29, 1.82) is 0 Å². The Bertz CT molecular complexity index is 392. The van der Waals surface area contributed by atoms with E-state index in [4.69, 9.17) is 0 Å². The summed E-state index contributed by atoms with van der Waals surface area (Å²) < 4.78 is 0. The first-order valence-electron chi connectivity index (χ1n) is 5.46. The molecule has 1 aromatic carbocycles. The van der Waals surface area contributed by atoms with E-state index in [1.807, 2.05) is 11.9 Å². The van der Waals surface area contributed by atoms with Crippen molar-refractivity contribution in [3.8, 4) is 5.75 Å². The van der Waals surface area contributed by atoms with Gasteiger partial charge in [0.15, 0.2) is 0 Å². The first-order valence-corrected chi connectivity index (χ1v) is 5.46. The van der Waals surface area contributed by atoms with Crippen LogP contribution >= 0.6 is 0 Å². The summed E-state index contributed by atoms with van der Waals surface area (Å²) >= 11 is 0. The molecule has 0 bridgehead atoms. The zero-order valence-corrected chi connectivity index (χ0v) is 9.31. The molecule has 1 heterocycles. The number of benzene rings is 1. The number of phenols is 1. The van der Waals surface area contributed by atoms with Gasteiger partial charge in [0.25, 0.3) is 5.91 Å². The van der Waals surface area contributed by atoms with Crippen LogP contribution in [0.25, 0.3) is 0 Å². The van der Waals surface area contributed by atoms with Crippen molar-refractivity contribution in [1.82, 2.24) is 10.2 Å². The molecular formula is C12H16N2O2. The fourth-order valence-corrected chi connectivity index (χ4v) is 2.00. The summed E-state index contributed by atoms with van der Waals surface area (Å²) in [5, 5.41) is 12.5. The zero-order chi connectivity index (χ0) is 11.5. The molecule has 0 aromatic heterocycles. The highest BCUT2D eigenvalue weighted by Gasteiger charge is 2.25. The van der Waals surface area contributed by atoms with Crippen LogP contribution in [-0.2, 0) is 0 Å². The number of nitrogens with zero attached hydrogens (tertiary/aromatic N) is 1. The molecule has 0 spiro atoms. The van der Waals surface area contributed by atoms with E-state index in [-0.39, 0.29) is 11.7 Å². The third kappa shape index (κ3) is 2.17. The molecule has 16 heavy (non-hydrogen) atoms. The third-order valence-electron chi connectivity index (χ3n) is 2.98. The van der Waals surface area contributed by atoms with Gasteiger partial charge in [0.05, 0.1) is 0 Å². The Balaban J connectivity index is 2.08. The van der Waals surface area contributed by atoms with Gasteiger partial charge in [-0.1, -0.05) is 6.07 Å². The number of hydrogen-bond acceptors (Lipinski definition) is 3. The number of aromatic hydroxyl groups is 1. The predicted molar refractivity (Wildman–Crippen MR) is 61.5 cm³/mol. The number of likely N-dealkylation sites (tertiary alicyclic amines) is 1. The average Bonchev–Trinajstić information content (AvgIpc) is 2.76. The minimum atomic E-state index is -0.00588. The Labute approximate surface area is 94.9 Å². The SMILES string of the molecule is CNC1CCN(C(=O)c2cccc(O)c2)C1. The molecule has 1 fully saturated rings. The fraction of sp³-hybridized carbons (Fsp3) is 0.417. The molecule has 1 aromatic rings. The van der Waals surface area contributed by atoms with Gasteiger partial charge >= 0.3 is 0 Å². The van der Waals surface area contributed by atoms with Crippen molar-refractivity contribution in [2.45, 2.75) is 12.5 Å². The van der Waals surface area contributed by atoms with E-state index in [9.17, 15) is 9.90 Å². The van der Waals surface area contributed by atoms with Crippen molar-refractivity contribution < 1.29 is 9.90 Å². The van der Waals surface area contributed by atoms with Gasteiger partial charge in [0.2, 0.25) is 0 Å². The molecule has 1 aliphatic rings. The summed E-state index contributed by atoms with van der Waals surface area (Å²) in [4.78, 5) is 13.9. The molecule has 2 N–H and O–H groups in total. The number of carbonyl (C=O) groups is 1. The van der Waals surface area contributed by atoms with Gasteiger partial charge in [-0.05, 0) is 31.7 Å². The summed E-state index contributed by atoms with van der Waals surface area (Å²) in [7, 11) is 1.91. The normalized spacial score (nSPS) is 20.1. The fourth-order valence-electron chi connectivity index (χ4n) is 2.00. The Hall–Kier alpha value is -1.55. The number of hydrogen-bond donors (Lipinski definition) is 2. The maximum atomic E-state index is 12.0. The van der Waals surface area contributed by atoms with Gasteiger partial charge in [-0.2, -0.15) is 0 Å². The Morgan fingerprint density at radius 2 is 2.38 bits per heavy atom. The maximum Gasteiger partial charge on any atom is 0.254 e. The van der Waals surface area contributed by atoms with Crippen LogP contribution in [0.2, 0.25) is 0 Å². The van der Waals surface area contributed by atoms with E-state index in [2.05, 4.69) is 5.32 Å². The highest BCUT2D eigenvalue weighted by molar-refractivity contribution is 5.94. The lowest BCUT2D eigenvalue weighted by molar-refractivity contribution is 0.0789. The maximum absolute atomic E-state index is 12.0. The smallest absolute Gasteiger partial charge is 0.254 e. The van der Waals surface area contributed by atoms with E-state index in [0.29, 0.717) is 11.6 Å². The van der Waals surface area contributed by atoms with Crippen molar-refractivity contribution in [3.63, 3.8) is 0 Å². The van der Waals surface area contributed by atoms with E-state index >= 15 is 0 Å². The molecule has 4 heteroatoms. The molecule has 0 saturated carbocycles. The first-order chi connectivity index (χ1) is 7.70. The highest BCUT2D eigenvalue weighted by atomic mass is 16.3. The van der Waals surface area contributed by atoms with Gasteiger partial charge in [0, 0.05) is 24.7 Å². The van der Waals surface area contributed by atoms with E-state index in [0.717, 1.165) is 19.5 Å². The lowest BCUT2D eigenvalue weighted by atomic mass is 10.2. The van der Waals surface area contributed by atoms with Crippen LogP contribution in [0.5, 0.6) is 5.75 Å². The molecule has 0 radical (unpaired) electrons. The number of likely N-dealkylation sites (N-methyl/N-ethyl adjacent to an activating group) is 1. The zero-order valence-electron chi connectivity index (χ0n) is 9.31. The monoisotopic (exact) mass is 220 g/mol. The first kappa shape index (κ1) is 11.0. The summed E-state index contributed by atoms with van der Waals surface area (Å²) in [5.74, 6) is 0.129. The van der Waals surface area contributed by atoms with Gasteiger partial charge in [-0.15, -0.1) is 0 Å². The van der Waals surface area contributed by atoms with Crippen molar-refractivity contribution in [2.75, 3.05) is 20.1 Å². The summed E-state index contributed by atoms with van der Waals surface area (Å²) in [6.07, 6.45) is 0.987. The van der Waals surface area contributed by atoms with Crippen LogP contribution < -0.4 is 5.32 Å². The van der Waals surface area contributed by atoms with Gasteiger partial charge in [-0.25, -0.2) is 0 Å². The van der Waals surface area contributed by atoms with Crippen LogP contribution in [0.15, 0.2) is 24.3 Å². The molecular weight excluding hydrogens is 204 g/mol. The lowest BCUT2D eigenvalue weighted by Crippen LogP contribution is -2.33. The van der Waals surface area contributed by atoms with Crippen molar-refractivity contribution >= 4 is 5.91 Å².